The fourth-order valence-corrected chi connectivity index (χ4v) is 3.61. The molecule has 0 bridgehead atoms. The second-order valence-corrected chi connectivity index (χ2v) is 7.08. The van der Waals surface area contributed by atoms with Gasteiger partial charge in [-0.15, -0.1) is 0 Å². The molecule has 0 fully saturated rings. The molecule has 4 aromatic rings. The minimum Gasteiger partial charge on any atom is -0.494 e. The number of rotatable bonds is 4. The van der Waals surface area contributed by atoms with E-state index in [9.17, 15) is 5.11 Å². The van der Waals surface area contributed by atoms with Gasteiger partial charge in [-0.1, -0.05) is 37.3 Å². The second kappa shape index (κ2) is 6.50. The number of aromatic hydroxyl groups is 1. The molecule has 27 heavy (non-hydrogen) atoms. The lowest BCUT2D eigenvalue weighted by Gasteiger charge is -2.15. The molecule has 3 N–H and O–H groups in total. The van der Waals surface area contributed by atoms with Crippen LogP contribution < -0.4 is 10.6 Å². The summed E-state index contributed by atoms with van der Waals surface area (Å²) in [5.74, 6) is 0.193. The average molecular weight is 360 g/mol. The number of fused-ring (bicyclic) bond motifs is 2. The van der Waals surface area contributed by atoms with Crippen molar-refractivity contribution in [3.8, 4) is 17.0 Å². The topological polar surface area (TPSA) is 67.3 Å². The van der Waals surface area contributed by atoms with E-state index in [4.69, 9.17) is 10.7 Å². The summed E-state index contributed by atoms with van der Waals surface area (Å²) < 4.78 is 1.82. The van der Waals surface area contributed by atoms with Crippen LogP contribution in [-0.4, -0.2) is 28.8 Å². The van der Waals surface area contributed by atoms with E-state index >= 15 is 0 Å². The van der Waals surface area contributed by atoms with E-state index in [1.165, 1.54) is 0 Å². The van der Waals surface area contributed by atoms with Gasteiger partial charge in [-0.05, 0) is 24.1 Å². The zero-order valence-corrected chi connectivity index (χ0v) is 15.9. The van der Waals surface area contributed by atoms with Crippen molar-refractivity contribution in [3.63, 3.8) is 0 Å². The third-order valence-electron chi connectivity index (χ3n) is 5.00. The van der Waals surface area contributed by atoms with E-state index in [2.05, 4.69) is 42.2 Å². The molecule has 0 saturated carbocycles. The molecular formula is C22H24N4O. The lowest BCUT2D eigenvalue weighted by Crippen LogP contribution is -2.08. The average Bonchev–Trinajstić information content (AvgIpc) is 2.98. The number of aromatic nitrogens is 2. The normalized spacial score (nSPS) is 11.4. The van der Waals surface area contributed by atoms with Gasteiger partial charge in [-0.2, -0.15) is 0 Å². The van der Waals surface area contributed by atoms with E-state index in [-0.39, 0.29) is 5.88 Å². The molecule has 138 valence electrons. The first kappa shape index (κ1) is 17.2. The van der Waals surface area contributed by atoms with Crippen molar-refractivity contribution >= 4 is 33.2 Å². The molecule has 0 amide bonds. The number of aryl methyl sites for hydroxylation is 1. The summed E-state index contributed by atoms with van der Waals surface area (Å²) in [5, 5.41) is 12.1. The molecule has 0 atom stereocenters. The molecule has 0 saturated heterocycles. The maximum atomic E-state index is 10.6. The zero-order valence-electron chi connectivity index (χ0n) is 15.9. The van der Waals surface area contributed by atoms with Crippen molar-refractivity contribution in [2.45, 2.75) is 19.9 Å². The third-order valence-corrected chi connectivity index (χ3v) is 5.00. The molecule has 0 spiro atoms. The number of nitrogen functional groups attached to an aromatic ring is 1. The monoisotopic (exact) mass is 360 g/mol. The van der Waals surface area contributed by atoms with Crippen LogP contribution in [0, 0.1) is 0 Å². The number of nitrogens with zero attached hydrogens (tertiary/aromatic N) is 3. The Morgan fingerprint density at radius 2 is 1.93 bits per heavy atom. The quantitative estimate of drug-likeness (QED) is 0.557. The summed E-state index contributed by atoms with van der Waals surface area (Å²) in [6, 6.07) is 14.4. The SMILES string of the molecule is CCCn1cc2nc3c(-c4cccc(N(C)C)c4)cccc3c(N)c2c1O. The Morgan fingerprint density at radius 1 is 1.15 bits per heavy atom. The van der Waals surface area contributed by atoms with Crippen LogP contribution in [0.25, 0.3) is 32.9 Å². The number of benzene rings is 2. The van der Waals surface area contributed by atoms with Crippen LogP contribution >= 0.6 is 0 Å². The number of anilines is 2. The van der Waals surface area contributed by atoms with E-state index < -0.39 is 0 Å². The smallest absolute Gasteiger partial charge is 0.202 e. The molecule has 0 unspecified atom stereocenters. The zero-order chi connectivity index (χ0) is 19.1. The first-order valence-electron chi connectivity index (χ1n) is 9.19. The van der Waals surface area contributed by atoms with Crippen LogP contribution in [0.15, 0.2) is 48.7 Å². The van der Waals surface area contributed by atoms with E-state index in [1.54, 1.807) is 0 Å². The van der Waals surface area contributed by atoms with Gasteiger partial charge >= 0.3 is 0 Å². The molecule has 2 aromatic heterocycles. The van der Waals surface area contributed by atoms with Crippen LogP contribution in [0.3, 0.4) is 0 Å². The predicted octanol–water partition coefficient (Wildman–Crippen LogP) is 4.62. The van der Waals surface area contributed by atoms with Gasteiger partial charge in [-0.25, -0.2) is 4.98 Å². The molecule has 4 rings (SSSR count). The summed E-state index contributed by atoms with van der Waals surface area (Å²) in [4.78, 5) is 6.96. The van der Waals surface area contributed by atoms with E-state index in [1.807, 2.05) is 37.0 Å². The minimum absolute atomic E-state index is 0.193. The number of pyridine rings is 1. The highest BCUT2D eigenvalue weighted by atomic mass is 16.3. The van der Waals surface area contributed by atoms with Crippen LogP contribution in [0.1, 0.15) is 13.3 Å². The lowest BCUT2D eigenvalue weighted by molar-refractivity contribution is 0.421. The van der Waals surface area contributed by atoms with Crippen LogP contribution in [0.4, 0.5) is 11.4 Å². The maximum absolute atomic E-state index is 10.6. The summed E-state index contributed by atoms with van der Waals surface area (Å²) in [6.07, 6.45) is 2.81. The standard InChI is InChI=1S/C22H24N4O/c1-4-11-26-13-18-19(22(26)27)20(23)17-10-6-9-16(21(17)24-18)14-7-5-8-15(12-14)25(2)3/h5-10,12-13,27H,4,11,23H2,1-3H3. The van der Waals surface area contributed by atoms with Crippen LogP contribution in [-0.2, 0) is 6.54 Å². The van der Waals surface area contributed by atoms with E-state index in [0.717, 1.165) is 46.2 Å². The number of nitrogens with two attached hydrogens (primary N) is 1. The van der Waals surface area contributed by atoms with Crippen molar-refractivity contribution in [1.29, 1.82) is 0 Å². The Morgan fingerprint density at radius 3 is 2.67 bits per heavy atom. The summed E-state index contributed by atoms with van der Waals surface area (Å²) in [5.41, 5.74) is 11.9. The van der Waals surface area contributed by atoms with Gasteiger partial charge in [0.1, 0.15) is 0 Å². The molecule has 5 nitrogen and oxygen atoms in total. The van der Waals surface area contributed by atoms with Crippen molar-refractivity contribution < 1.29 is 5.11 Å². The summed E-state index contributed by atoms with van der Waals surface area (Å²) in [7, 11) is 4.06. The Kier molecular flexibility index (Phi) is 4.15. The minimum atomic E-state index is 0.193. The molecule has 5 heteroatoms. The largest absolute Gasteiger partial charge is 0.494 e. The van der Waals surface area contributed by atoms with Gasteiger partial charge < -0.3 is 20.3 Å². The summed E-state index contributed by atoms with van der Waals surface area (Å²) in [6.45, 7) is 2.81. The van der Waals surface area contributed by atoms with Gasteiger partial charge in [0.05, 0.1) is 22.1 Å². The van der Waals surface area contributed by atoms with Crippen LogP contribution in [0.2, 0.25) is 0 Å². The lowest BCUT2D eigenvalue weighted by atomic mass is 10.00. The third kappa shape index (κ3) is 2.76. The number of hydrogen-bond donors (Lipinski definition) is 2. The van der Waals surface area contributed by atoms with Gasteiger partial charge in [0.2, 0.25) is 5.88 Å². The van der Waals surface area contributed by atoms with Crippen molar-refractivity contribution in [1.82, 2.24) is 9.55 Å². The van der Waals surface area contributed by atoms with Crippen molar-refractivity contribution in [2.75, 3.05) is 24.7 Å². The van der Waals surface area contributed by atoms with Gasteiger partial charge in [0.25, 0.3) is 0 Å². The predicted molar refractivity (Wildman–Crippen MR) is 113 cm³/mol. The molecule has 2 heterocycles. The fourth-order valence-electron chi connectivity index (χ4n) is 3.61. The molecular weight excluding hydrogens is 336 g/mol. The first-order chi connectivity index (χ1) is 13.0. The highest BCUT2D eigenvalue weighted by molar-refractivity contribution is 6.12. The molecule has 0 aliphatic rings. The first-order valence-corrected chi connectivity index (χ1v) is 9.19. The summed E-state index contributed by atoms with van der Waals surface area (Å²) >= 11 is 0. The molecule has 0 aliphatic heterocycles. The van der Waals surface area contributed by atoms with Crippen LogP contribution in [0.5, 0.6) is 5.88 Å². The van der Waals surface area contributed by atoms with Gasteiger partial charge in [0, 0.05) is 43.5 Å². The van der Waals surface area contributed by atoms with Gasteiger partial charge in [-0.3, -0.25) is 0 Å². The maximum Gasteiger partial charge on any atom is 0.202 e. The van der Waals surface area contributed by atoms with Crippen molar-refractivity contribution in [3.05, 3.63) is 48.7 Å². The number of para-hydroxylation sites is 1. The highest BCUT2D eigenvalue weighted by Crippen LogP contribution is 2.39. The van der Waals surface area contributed by atoms with Crippen molar-refractivity contribution in [2.24, 2.45) is 0 Å². The van der Waals surface area contributed by atoms with E-state index in [0.29, 0.717) is 11.1 Å². The molecule has 2 aromatic carbocycles. The Labute approximate surface area is 158 Å². The molecule has 0 radical (unpaired) electrons. The second-order valence-electron chi connectivity index (χ2n) is 7.08. The Bertz CT molecular complexity index is 1140. The molecule has 0 aliphatic carbocycles. The highest BCUT2D eigenvalue weighted by Gasteiger charge is 2.17. The fraction of sp³-hybridized carbons (Fsp3) is 0.227. The Balaban J connectivity index is 2.01. The number of hydrogen-bond acceptors (Lipinski definition) is 4. The van der Waals surface area contributed by atoms with Gasteiger partial charge in [0.15, 0.2) is 0 Å². The Hall–Kier alpha value is -3.21.